The summed E-state index contributed by atoms with van der Waals surface area (Å²) in [4.78, 5) is 49.2. The maximum absolute atomic E-state index is 12.4. The van der Waals surface area contributed by atoms with E-state index >= 15 is 0 Å². The zero-order valence-electron chi connectivity index (χ0n) is 13.8. The summed E-state index contributed by atoms with van der Waals surface area (Å²) in [6.45, 7) is 0. The molecule has 0 atom stereocenters. The van der Waals surface area contributed by atoms with Gasteiger partial charge in [-0.25, -0.2) is 9.59 Å². The number of hydrogen-bond donors (Lipinski definition) is 1. The van der Waals surface area contributed by atoms with Crippen LogP contribution in [-0.4, -0.2) is 75.9 Å². The molecule has 9 nitrogen and oxygen atoms in total. The van der Waals surface area contributed by atoms with Gasteiger partial charge in [-0.2, -0.15) is 0 Å². The molecule has 0 radical (unpaired) electrons. The fourth-order valence-corrected chi connectivity index (χ4v) is 1.44. The normalized spacial score (nSPS) is 10.3. The van der Waals surface area contributed by atoms with Crippen LogP contribution in [0.25, 0.3) is 0 Å². The zero-order chi connectivity index (χ0) is 18.2. The quantitative estimate of drug-likeness (QED) is 0.103. The van der Waals surface area contributed by atoms with Crippen molar-refractivity contribution < 1.29 is 28.7 Å². The number of carbonyl (C=O) groups is 4. The van der Waals surface area contributed by atoms with E-state index in [1.165, 1.54) is 40.2 Å². The van der Waals surface area contributed by atoms with Crippen LogP contribution < -0.4 is 5.32 Å². The molecular weight excluding hydrogens is 306 g/mol. The molecule has 9 heteroatoms. The van der Waals surface area contributed by atoms with E-state index in [4.69, 9.17) is 4.74 Å². The van der Waals surface area contributed by atoms with E-state index in [9.17, 15) is 19.2 Å². The number of methoxy groups -OCH3 is 2. The highest BCUT2D eigenvalue weighted by atomic mass is 16.5. The van der Waals surface area contributed by atoms with Crippen molar-refractivity contribution in [3.8, 4) is 11.8 Å². The lowest BCUT2D eigenvalue weighted by Crippen LogP contribution is -2.42. The van der Waals surface area contributed by atoms with Crippen molar-refractivity contribution in [3.05, 3.63) is 11.5 Å². The van der Waals surface area contributed by atoms with E-state index in [2.05, 4.69) is 10.1 Å². The Labute approximate surface area is 134 Å². The molecule has 0 bridgehead atoms. The van der Waals surface area contributed by atoms with Crippen LogP contribution in [0.5, 0.6) is 0 Å². The molecule has 0 unspecified atom stereocenters. The van der Waals surface area contributed by atoms with Crippen LogP contribution >= 0.6 is 0 Å². The number of esters is 1. The molecule has 0 rings (SSSR count). The average molecular weight is 325 g/mol. The number of likely N-dealkylation sites (N-methyl/N-ethyl adjacent to an activating group) is 1. The van der Waals surface area contributed by atoms with Crippen LogP contribution in [0.3, 0.4) is 0 Å². The largest absolute Gasteiger partial charge is 0.482 e. The number of rotatable bonds is 4. The molecule has 0 aromatic rings. The van der Waals surface area contributed by atoms with Crippen molar-refractivity contribution in [3.63, 3.8) is 0 Å². The lowest BCUT2D eigenvalue weighted by Gasteiger charge is -2.21. The first-order valence-electron chi connectivity index (χ1n) is 6.30. The van der Waals surface area contributed by atoms with Gasteiger partial charge < -0.3 is 19.7 Å². The number of amides is 3. The molecule has 0 aromatic carbocycles. The van der Waals surface area contributed by atoms with Gasteiger partial charge in [-0.15, -0.1) is 0 Å². The van der Waals surface area contributed by atoms with Gasteiger partial charge in [-0.1, -0.05) is 0 Å². The number of nitrogens with zero attached hydrogens (tertiary/aromatic N) is 2. The number of ether oxygens (including phenoxy) is 2. The SMILES string of the molecule is CNC(=O)N(C)C(=O)/C(C(=O)C#CC(=O)OC)=C(/OC)N(C)C. The Bertz CT molecular complexity index is 597. The molecule has 0 spiro atoms. The Morgan fingerprint density at radius 1 is 0.957 bits per heavy atom. The Morgan fingerprint density at radius 2 is 1.52 bits per heavy atom. The zero-order valence-corrected chi connectivity index (χ0v) is 13.8. The maximum Gasteiger partial charge on any atom is 0.384 e. The first-order valence-corrected chi connectivity index (χ1v) is 6.30. The topological polar surface area (TPSA) is 105 Å². The van der Waals surface area contributed by atoms with Crippen LogP contribution in [0.2, 0.25) is 0 Å². The molecule has 0 heterocycles. The molecule has 0 saturated heterocycles. The molecule has 0 aliphatic carbocycles. The van der Waals surface area contributed by atoms with Crippen LogP contribution in [-0.2, 0) is 23.9 Å². The highest BCUT2D eigenvalue weighted by Gasteiger charge is 2.30. The van der Waals surface area contributed by atoms with Crippen molar-refractivity contribution in [1.29, 1.82) is 0 Å². The summed E-state index contributed by atoms with van der Waals surface area (Å²) in [6, 6.07) is -0.726. The second-order valence-corrected chi connectivity index (χ2v) is 4.27. The van der Waals surface area contributed by atoms with E-state index in [0.29, 0.717) is 4.90 Å². The number of urea groups is 1. The summed E-state index contributed by atoms with van der Waals surface area (Å²) in [5, 5.41) is 2.25. The summed E-state index contributed by atoms with van der Waals surface area (Å²) in [7, 11) is 7.94. The van der Waals surface area contributed by atoms with E-state index < -0.39 is 29.3 Å². The summed E-state index contributed by atoms with van der Waals surface area (Å²) >= 11 is 0. The van der Waals surface area contributed by atoms with Gasteiger partial charge >= 0.3 is 12.0 Å². The Balaban J connectivity index is 5.99. The Hall–Kier alpha value is -3.02. The van der Waals surface area contributed by atoms with Gasteiger partial charge in [0, 0.05) is 34.1 Å². The van der Waals surface area contributed by atoms with Crippen molar-refractivity contribution >= 4 is 23.7 Å². The molecule has 3 amide bonds. The van der Waals surface area contributed by atoms with Crippen molar-refractivity contribution in [2.75, 3.05) is 42.4 Å². The number of nitrogens with one attached hydrogen (secondary N) is 1. The van der Waals surface area contributed by atoms with Gasteiger partial charge in [0.15, 0.2) is 5.57 Å². The average Bonchev–Trinajstić information content (AvgIpc) is 2.54. The predicted octanol–water partition coefficient (Wildman–Crippen LogP) is -1.05. The third-order valence-electron chi connectivity index (χ3n) is 2.54. The van der Waals surface area contributed by atoms with E-state index in [-0.39, 0.29) is 5.88 Å². The number of carbonyl (C=O) groups excluding carboxylic acids is 4. The van der Waals surface area contributed by atoms with Crippen molar-refractivity contribution in [2.24, 2.45) is 0 Å². The van der Waals surface area contributed by atoms with Gasteiger partial charge in [-0.3, -0.25) is 14.5 Å². The third kappa shape index (κ3) is 5.35. The summed E-state index contributed by atoms with van der Waals surface area (Å²) in [5.74, 6) is 0.962. The van der Waals surface area contributed by atoms with E-state index in [0.717, 1.165) is 7.11 Å². The molecule has 23 heavy (non-hydrogen) atoms. The minimum absolute atomic E-state index is 0.102. The van der Waals surface area contributed by atoms with Gasteiger partial charge in [0.2, 0.25) is 11.7 Å². The number of hydrogen-bond acceptors (Lipinski definition) is 7. The highest BCUT2D eigenvalue weighted by Crippen LogP contribution is 2.12. The minimum atomic E-state index is -0.985. The van der Waals surface area contributed by atoms with Crippen LogP contribution in [0.15, 0.2) is 11.5 Å². The maximum atomic E-state index is 12.4. The fourth-order valence-electron chi connectivity index (χ4n) is 1.44. The van der Waals surface area contributed by atoms with Crippen LogP contribution in [0.4, 0.5) is 4.79 Å². The number of ketones is 1. The smallest absolute Gasteiger partial charge is 0.384 e. The first-order chi connectivity index (χ1) is 10.7. The van der Waals surface area contributed by atoms with Crippen LogP contribution in [0, 0.1) is 11.8 Å². The molecule has 0 aromatic heterocycles. The molecule has 0 aliphatic heterocycles. The first kappa shape index (κ1) is 20.0. The van der Waals surface area contributed by atoms with Gasteiger partial charge in [-0.05, 0) is 5.92 Å². The second-order valence-electron chi connectivity index (χ2n) is 4.27. The molecule has 0 fully saturated rings. The van der Waals surface area contributed by atoms with E-state index in [1.807, 2.05) is 11.8 Å². The Kier molecular flexibility index (Phi) is 7.90. The number of imide groups is 1. The predicted molar refractivity (Wildman–Crippen MR) is 79.7 cm³/mol. The van der Waals surface area contributed by atoms with Gasteiger partial charge in [0.05, 0.1) is 14.2 Å². The lowest BCUT2D eigenvalue weighted by atomic mass is 10.1. The summed E-state index contributed by atoms with van der Waals surface area (Å²) < 4.78 is 9.33. The monoisotopic (exact) mass is 325 g/mol. The van der Waals surface area contributed by atoms with Crippen molar-refractivity contribution in [2.45, 2.75) is 0 Å². The standard InChI is InChI=1S/C14H19N3O6/c1-15-14(21)17(4)12(20)11(13(23-6)16(2)3)9(18)7-8-10(19)22-5/h1-6H3,(H,15,21)/b13-11+. The Morgan fingerprint density at radius 3 is 1.91 bits per heavy atom. The molecule has 1 N–H and O–H groups in total. The summed E-state index contributed by atoms with van der Waals surface area (Å²) in [5.41, 5.74) is -0.486. The fraction of sp³-hybridized carbons (Fsp3) is 0.429. The van der Waals surface area contributed by atoms with Gasteiger partial charge in [0.1, 0.15) is 0 Å². The highest BCUT2D eigenvalue weighted by molar-refractivity contribution is 6.28. The molecule has 0 saturated carbocycles. The molecule has 126 valence electrons. The molecular formula is C14H19N3O6. The summed E-state index contributed by atoms with van der Waals surface area (Å²) in [6.07, 6.45) is 0. The lowest BCUT2D eigenvalue weighted by molar-refractivity contribution is -0.134. The van der Waals surface area contributed by atoms with Gasteiger partial charge in [0.25, 0.3) is 5.91 Å². The van der Waals surface area contributed by atoms with Crippen molar-refractivity contribution in [1.82, 2.24) is 15.1 Å². The number of Topliss-reactive ketones (excluding diaryl/α,β-unsaturated/α-hetero) is 1. The third-order valence-corrected chi connectivity index (χ3v) is 2.54. The second kappa shape index (κ2) is 9.09. The minimum Gasteiger partial charge on any atom is -0.482 e. The molecule has 0 aliphatic rings. The van der Waals surface area contributed by atoms with E-state index in [1.54, 1.807) is 0 Å². The van der Waals surface area contributed by atoms with Crippen LogP contribution in [0.1, 0.15) is 0 Å².